The molecular formula is C21H28N2O3S. The first-order valence-electron chi connectivity index (χ1n) is 9.42. The number of nitrogens with zero attached hydrogens (tertiary/aromatic N) is 2. The molecule has 0 atom stereocenters. The van der Waals surface area contributed by atoms with Crippen molar-refractivity contribution in [3.05, 3.63) is 35.2 Å². The maximum atomic E-state index is 12.9. The predicted molar refractivity (Wildman–Crippen MR) is 109 cm³/mol. The zero-order valence-electron chi connectivity index (χ0n) is 16.5. The molecule has 0 saturated carbocycles. The molecule has 1 fully saturated rings. The summed E-state index contributed by atoms with van der Waals surface area (Å²) in [7, 11) is 1.87. The van der Waals surface area contributed by atoms with Gasteiger partial charge in [-0.1, -0.05) is 18.2 Å². The van der Waals surface area contributed by atoms with Crippen molar-refractivity contribution >= 4 is 33.4 Å². The Kier molecular flexibility index (Phi) is 5.75. The molecule has 146 valence electrons. The SMILES string of the molecule is CN(Cc1csc2ccccc12)C(=O)C1CCN(C(=O)OC(C)(C)C)CC1. The van der Waals surface area contributed by atoms with Crippen LogP contribution in [0.2, 0.25) is 0 Å². The van der Waals surface area contributed by atoms with E-state index in [-0.39, 0.29) is 17.9 Å². The normalized spacial score (nSPS) is 15.8. The molecule has 0 N–H and O–H groups in total. The molecule has 6 heteroatoms. The number of amides is 2. The van der Waals surface area contributed by atoms with Crippen LogP contribution in [0, 0.1) is 5.92 Å². The molecule has 2 amide bonds. The minimum Gasteiger partial charge on any atom is -0.444 e. The molecule has 5 nitrogen and oxygen atoms in total. The molecular weight excluding hydrogens is 360 g/mol. The van der Waals surface area contributed by atoms with Crippen LogP contribution in [0.25, 0.3) is 10.1 Å². The molecule has 0 unspecified atom stereocenters. The summed E-state index contributed by atoms with van der Waals surface area (Å²) in [5.41, 5.74) is 0.699. The van der Waals surface area contributed by atoms with E-state index in [1.165, 1.54) is 15.6 Å². The Hall–Kier alpha value is -2.08. The quantitative estimate of drug-likeness (QED) is 0.777. The summed E-state index contributed by atoms with van der Waals surface area (Å²) in [6.45, 7) is 7.36. The highest BCUT2D eigenvalue weighted by atomic mass is 32.1. The van der Waals surface area contributed by atoms with Crippen molar-refractivity contribution in [2.75, 3.05) is 20.1 Å². The monoisotopic (exact) mass is 388 g/mol. The van der Waals surface area contributed by atoms with Gasteiger partial charge in [0.25, 0.3) is 0 Å². The molecule has 0 spiro atoms. The number of hydrogen-bond acceptors (Lipinski definition) is 4. The minimum atomic E-state index is -0.493. The second-order valence-electron chi connectivity index (χ2n) is 8.19. The number of likely N-dealkylation sites (tertiary alicyclic amines) is 1. The lowest BCUT2D eigenvalue weighted by Gasteiger charge is -2.34. The highest BCUT2D eigenvalue weighted by molar-refractivity contribution is 7.17. The largest absolute Gasteiger partial charge is 0.444 e. The second kappa shape index (κ2) is 7.89. The van der Waals surface area contributed by atoms with E-state index in [4.69, 9.17) is 4.74 Å². The average molecular weight is 389 g/mol. The van der Waals surface area contributed by atoms with Gasteiger partial charge in [-0.25, -0.2) is 4.79 Å². The zero-order valence-corrected chi connectivity index (χ0v) is 17.3. The number of hydrogen-bond donors (Lipinski definition) is 0. The van der Waals surface area contributed by atoms with Gasteiger partial charge < -0.3 is 14.5 Å². The van der Waals surface area contributed by atoms with Gasteiger partial charge in [-0.15, -0.1) is 11.3 Å². The van der Waals surface area contributed by atoms with Crippen molar-refractivity contribution in [1.82, 2.24) is 9.80 Å². The smallest absolute Gasteiger partial charge is 0.410 e. The van der Waals surface area contributed by atoms with Crippen molar-refractivity contribution in [2.24, 2.45) is 5.92 Å². The zero-order chi connectivity index (χ0) is 19.6. The van der Waals surface area contributed by atoms with Gasteiger partial charge in [0, 0.05) is 37.3 Å². The Morgan fingerprint density at radius 3 is 2.56 bits per heavy atom. The minimum absolute atomic E-state index is 0.0291. The second-order valence-corrected chi connectivity index (χ2v) is 9.10. The number of benzene rings is 1. The highest BCUT2D eigenvalue weighted by Gasteiger charge is 2.31. The van der Waals surface area contributed by atoms with Gasteiger partial charge in [0.1, 0.15) is 5.60 Å². The standard InChI is InChI=1S/C21H28N2O3S/c1-21(2,3)26-20(25)23-11-9-15(10-12-23)19(24)22(4)13-16-14-27-18-8-6-5-7-17(16)18/h5-8,14-15H,9-13H2,1-4H3. The molecule has 2 aromatic rings. The summed E-state index contributed by atoms with van der Waals surface area (Å²) in [5, 5.41) is 3.36. The van der Waals surface area contributed by atoms with E-state index in [0.29, 0.717) is 32.5 Å². The van der Waals surface area contributed by atoms with Crippen LogP contribution >= 0.6 is 11.3 Å². The van der Waals surface area contributed by atoms with Gasteiger partial charge in [-0.2, -0.15) is 0 Å². The van der Waals surface area contributed by atoms with Gasteiger partial charge in [0.05, 0.1) is 0 Å². The molecule has 0 radical (unpaired) electrons. The Labute approximate surface area is 164 Å². The van der Waals surface area contributed by atoms with Gasteiger partial charge >= 0.3 is 6.09 Å². The lowest BCUT2D eigenvalue weighted by molar-refractivity contribution is -0.136. The predicted octanol–water partition coefficient (Wildman–Crippen LogP) is 4.51. The van der Waals surface area contributed by atoms with Crippen LogP contribution in [0.5, 0.6) is 0 Å². The molecule has 0 bridgehead atoms. The van der Waals surface area contributed by atoms with Crippen molar-refractivity contribution < 1.29 is 14.3 Å². The maximum absolute atomic E-state index is 12.9. The van der Waals surface area contributed by atoms with E-state index in [9.17, 15) is 9.59 Å². The third-order valence-electron chi connectivity index (χ3n) is 4.84. The summed E-state index contributed by atoms with van der Waals surface area (Å²) in [5.74, 6) is 0.132. The molecule has 0 aliphatic carbocycles. The van der Waals surface area contributed by atoms with E-state index in [1.807, 2.05) is 44.9 Å². The fraction of sp³-hybridized carbons (Fsp3) is 0.524. The van der Waals surface area contributed by atoms with Gasteiger partial charge in [-0.05, 0) is 56.0 Å². The number of fused-ring (bicyclic) bond motifs is 1. The fourth-order valence-corrected chi connectivity index (χ4v) is 4.39. The van der Waals surface area contributed by atoms with E-state index in [1.54, 1.807) is 16.2 Å². The van der Waals surface area contributed by atoms with E-state index in [0.717, 1.165) is 0 Å². The van der Waals surface area contributed by atoms with E-state index < -0.39 is 5.60 Å². The average Bonchev–Trinajstić information content (AvgIpc) is 3.03. The topological polar surface area (TPSA) is 49.9 Å². The van der Waals surface area contributed by atoms with Crippen molar-refractivity contribution in [3.8, 4) is 0 Å². The highest BCUT2D eigenvalue weighted by Crippen LogP contribution is 2.28. The van der Waals surface area contributed by atoms with Crippen LogP contribution in [0.3, 0.4) is 0 Å². The summed E-state index contributed by atoms with van der Waals surface area (Å²) >= 11 is 1.72. The van der Waals surface area contributed by atoms with Crippen LogP contribution in [-0.2, 0) is 16.1 Å². The van der Waals surface area contributed by atoms with Crippen LogP contribution < -0.4 is 0 Å². The number of carbonyl (C=O) groups excluding carboxylic acids is 2. The van der Waals surface area contributed by atoms with Crippen LogP contribution in [0.15, 0.2) is 29.6 Å². The lowest BCUT2D eigenvalue weighted by atomic mass is 9.95. The first kappa shape index (κ1) is 19.7. The molecule has 27 heavy (non-hydrogen) atoms. The number of carbonyl (C=O) groups is 2. The maximum Gasteiger partial charge on any atom is 0.410 e. The summed E-state index contributed by atoms with van der Waals surface area (Å²) < 4.78 is 6.67. The molecule has 1 aromatic heterocycles. The Balaban J connectivity index is 1.55. The molecule has 3 rings (SSSR count). The molecule has 1 aliphatic heterocycles. The van der Waals surface area contributed by atoms with Crippen LogP contribution in [0.4, 0.5) is 4.79 Å². The molecule has 2 heterocycles. The van der Waals surface area contributed by atoms with Gasteiger partial charge in [-0.3, -0.25) is 4.79 Å². The van der Waals surface area contributed by atoms with E-state index in [2.05, 4.69) is 17.5 Å². The van der Waals surface area contributed by atoms with Crippen LogP contribution in [-0.4, -0.2) is 47.5 Å². The van der Waals surface area contributed by atoms with Crippen LogP contribution in [0.1, 0.15) is 39.2 Å². The Morgan fingerprint density at radius 2 is 1.89 bits per heavy atom. The first-order valence-corrected chi connectivity index (χ1v) is 10.3. The molecule has 1 aromatic carbocycles. The number of rotatable bonds is 3. The number of thiophene rings is 1. The summed E-state index contributed by atoms with van der Waals surface area (Å²) in [6.07, 6.45) is 1.09. The lowest BCUT2D eigenvalue weighted by Crippen LogP contribution is -2.45. The van der Waals surface area contributed by atoms with Crippen molar-refractivity contribution in [3.63, 3.8) is 0 Å². The number of ether oxygens (including phenoxy) is 1. The first-order chi connectivity index (χ1) is 12.7. The molecule has 1 aliphatic rings. The Morgan fingerprint density at radius 1 is 1.22 bits per heavy atom. The summed E-state index contributed by atoms with van der Waals surface area (Å²) in [4.78, 5) is 28.6. The fourth-order valence-electron chi connectivity index (χ4n) is 3.44. The molecule has 1 saturated heterocycles. The Bertz CT molecular complexity index is 816. The summed E-state index contributed by atoms with van der Waals surface area (Å²) in [6, 6.07) is 8.29. The van der Waals surface area contributed by atoms with Crippen molar-refractivity contribution in [1.29, 1.82) is 0 Å². The van der Waals surface area contributed by atoms with Crippen molar-refractivity contribution in [2.45, 2.75) is 45.8 Å². The van der Waals surface area contributed by atoms with Gasteiger partial charge in [0.2, 0.25) is 5.91 Å². The van der Waals surface area contributed by atoms with Gasteiger partial charge in [0.15, 0.2) is 0 Å². The number of piperidine rings is 1. The third kappa shape index (κ3) is 4.80. The third-order valence-corrected chi connectivity index (χ3v) is 5.85. The van der Waals surface area contributed by atoms with E-state index >= 15 is 0 Å².